The first-order chi connectivity index (χ1) is 27.7. The van der Waals surface area contributed by atoms with Gasteiger partial charge in [0.05, 0.1) is 19.8 Å². The molecule has 11 heteroatoms. The van der Waals surface area contributed by atoms with Crippen molar-refractivity contribution in [1.82, 2.24) is 0 Å². The minimum absolute atomic E-state index is 0.0354. The number of allylic oxidation sites excluding steroid dienone is 16. The van der Waals surface area contributed by atoms with Crippen LogP contribution in [0.5, 0.6) is 0 Å². The summed E-state index contributed by atoms with van der Waals surface area (Å²) < 4.78 is 33.2. The van der Waals surface area contributed by atoms with Crippen LogP contribution >= 0.6 is 7.82 Å². The highest BCUT2D eigenvalue weighted by atomic mass is 31.2. The molecule has 324 valence electrons. The minimum Gasteiger partial charge on any atom is -0.480 e. The van der Waals surface area contributed by atoms with Gasteiger partial charge in [-0.2, -0.15) is 0 Å². The van der Waals surface area contributed by atoms with Gasteiger partial charge in [0.25, 0.3) is 0 Å². The van der Waals surface area contributed by atoms with Gasteiger partial charge in [0, 0.05) is 13.0 Å². The molecule has 0 saturated carbocycles. The molecule has 0 aromatic rings. The smallest absolute Gasteiger partial charge is 0.472 e. The topological polar surface area (TPSA) is 155 Å². The van der Waals surface area contributed by atoms with Gasteiger partial charge in [0.2, 0.25) is 0 Å². The summed E-state index contributed by atoms with van der Waals surface area (Å²) in [6.45, 7) is 3.54. The van der Waals surface area contributed by atoms with Crippen LogP contribution in [0, 0.1) is 0 Å². The summed E-state index contributed by atoms with van der Waals surface area (Å²) in [4.78, 5) is 33.5. The molecule has 4 N–H and O–H groups in total. The molecule has 0 aromatic carbocycles. The quantitative estimate of drug-likeness (QED) is 0.0236. The number of carbonyl (C=O) groups excluding carboxylic acids is 1. The molecule has 0 amide bonds. The number of unbranched alkanes of at least 4 members (excludes halogenated alkanes) is 9. The largest absolute Gasteiger partial charge is 0.480 e. The highest BCUT2D eigenvalue weighted by Gasteiger charge is 2.27. The number of esters is 1. The maximum absolute atomic E-state index is 12.6. The fraction of sp³-hybridized carbons (Fsp3) is 0.609. The van der Waals surface area contributed by atoms with Crippen LogP contribution in [-0.2, 0) is 32.7 Å². The highest BCUT2D eigenvalue weighted by molar-refractivity contribution is 7.47. The maximum atomic E-state index is 12.6. The van der Waals surface area contributed by atoms with Crippen molar-refractivity contribution < 1.29 is 42.7 Å². The van der Waals surface area contributed by atoms with Gasteiger partial charge in [-0.3, -0.25) is 18.6 Å². The van der Waals surface area contributed by atoms with E-state index in [9.17, 15) is 19.0 Å². The zero-order chi connectivity index (χ0) is 41.9. The SMILES string of the molecule is CC/C=C\C/C=C\C/C=C\C/C=C\C/C=C\C/C=C\CCCOCC(COP(=O)(O)OCC(N)C(=O)O)OC(=O)CCCCCCC/C=C\C/C=C\CCCCC. The lowest BCUT2D eigenvalue weighted by molar-refractivity contribution is -0.154. The highest BCUT2D eigenvalue weighted by Crippen LogP contribution is 2.43. The fourth-order valence-corrected chi connectivity index (χ4v) is 5.84. The molecule has 0 fully saturated rings. The molecule has 0 bridgehead atoms. The summed E-state index contributed by atoms with van der Waals surface area (Å²) >= 11 is 0. The second-order valence-corrected chi connectivity index (χ2v) is 15.2. The van der Waals surface area contributed by atoms with Crippen molar-refractivity contribution in [2.45, 2.75) is 154 Å². The molecule has 57 heavy (non-hydrogen) atoms. The molecule has 3 unspecified atom stereocenters. The Morgan fingerprint density at radius 1 is 0.579 bits per heavy atom. The zero-order valence-electron chi connectivity index (χ0n) is 35.1. The van der Waals surface area contributed by atoms with Crippen LogP contribution in [0.4, 0.5) is 0 Å². The molecule has 0 aliphatic carbocycles. The van der Waals surface area contributed by atoms with Crippen molar-refractivity contribution in [1.29, 1.82) is 0 Å². The molecule has 10 nitrogen and oxygen atoms in total. The van der Waals surface area contributed by atoms with E-state index in [-0.39, 0.29) is 13.0 Å². The van der Waals surface area contributed by atoms with Crippen LogP contribution < -0.4 is 5.73 Å². The van der Waals surface area contributed by atoms with Crippen LogP contribution in [0.2, 0.25) is 0 Å². The third-order valence-electron chi connectivity index (χ3n) is 8.35. The first kappa shape index (κ1) is 53.9. The number of hydrogen-bond acceptors (Lipinski definition) is 8. The Bertz CT molecular complexity index is 1270. The standard InChI is InChI=1S/C46H76NO9P/c1-3-5-7-9-11-13-15-17-19-20-21-22-23-25-27-29-31-33-35-37-39-53-40-43(41-54-57(51,52)55-42-44(47)46(49)50)56-45(48)38-36-34-32-30-28-26-24-18-16-14-12-10-8-6-4-2/h5,7,11-14,17-19,21-22,24-25,27,31,33,43-44H,3-4,6,8-10,15-16,20,23,26,28-30,32,34-42,47H2,1-2H3,(H,49,50)(H,51,52)/b7-5-,13-11-,14-12-,19-17-,22-21-,24-18-,27-25-,33-31-. The number of hydrogen-bond donors (Lipinski definition) is 3. The Morgan fingerprint density at radius 3 is 1.53 bits per heavy atom. The van der Waals surface area contributed by atoms with Crippen molar-refractivity contribution in [2.24, 2.45) is 5.73 Å². The van der Waals surface area contributed by atoms with Gasteiger partial charge in [0.15, 0.2) is 0 Å². The van der Waals surface area contributed by atoms with Gasteiger partial charge in [-0.1, -0.05) is 143 Å². The number of aliphatic carboxylic acids is 1. The zero-order valence-corrected chi connectivity index (χ0v) is 36.0. The second kappa shape index (κ2) is 41.1. The Balaban J connectivity index is 4.41. The number of ether oxygens (including phenoxy) is 2. The van der Waals surface area contributed by atoms with E-state index in [1.54, 1.807) is 0 Å². The lowest BCUT2D eigenvalue weighted by Gasteiger charge is -2.20. The Hall–Kier alpha value is -3.11. The lowest BCUT2D eigenvalue weighted by atomic mass is 10.1. The molecule has 0 rings (SSSR count). The number of rotatable bonds is 39. The Kier molecular flexibility index (Phi) is 38.8. The monoisotopic (exact) mass is 818 g/mol. The summed E-state index contributed by atoms with van der Waals surface area (Å²) in [6.07, 6.45) is 53.3. The van der Waals surface area contributed by atoms with Crippen LogP contribution in [-0.4, -0.2) is 60.5 Å². The van der Waals surface area contributed by atoms with E-state index in [2.05, 4.69) is 111 Å². The van der Waals surface area contributed by atoms with Gasteiger partial charge >= 0.3 is 19.8 Å². The Labute approximate surface area is 345 Å². The van der Waals surface area contributed by atoms with Crippen molar-refractivity contribution in [3.05, 3.63) is 97.2 Å². The molecule has 3 atom stereocenters. The third kappa shape index (κ3) is 40.9. The Morgan fingerprint density at radius 2 is 1.02 bits per heavy atom. The molecule has 0 heterocycles. The summed E-state index contributed by atoms with van der Waals surface area (Å²) in [5, 5.41) is 8.89. The van der Waals surface area contributed by atoms with Gasteiger partial charge in [0.1, 0.15) is 12.1 Å². The maximum Gasteiger partial charge on any atom is 0.472 e. The molecule has 0 aliphatic rings. The van der Waals surface area contributed by atoms with Crippen molar-refractivity contribution >= 4 is 19.8 Å². The molecule has 0 spiro atoms. The van der Waals surface area contributed by atoms with E-state index in [0.29, 0.717) is 13.0 Å². The summed E-state index contributed by atoms with van der Waals surface area (Å²) in [7, 11) is -4.64. The fourth-order valence-electron chi connectivity index (χ4n) is 5.06. The van der Waals surface area contributed by atoms with Crippen molar-refractivity contribution in [2.75, 3.05) is 26.4 Å². The predicted octanol–water partition coefficient (Wildman–Crippen LogP) is 11.8. The van der Waals surface area contributed by atoms with Crippen LogP contribution in [0.1, 0.15) is 142 Å². The first-order valence-electron chi connectivity index (χ1n) is 21.3. The van der Waals surface area contributed by atoms with Crippen LogP contribution in [0.25, 0.3) is 0 Å². The average Bonchev–Trinajstić information content (AvgIpc) is 3.19. The number of carboxylic acids is 1. The minimum atomic E-state index is -4.64. The summed E-state index contributed by atoms with van der Waals surface area (Å²) in [5.41, 5.74) is 5.35. The van der Waals surface area contributed by atoms with Gasteiger partial charge in [-0.15, -0.1) is 0 Å². The van der Waals surface area contributed by atoms with E-state index in [1.165, 1.54) is 19.3 Å². The second-order valence-electron chi connectivity index (χ2n) is 13.7. The van der Waals surface area contributed by atoms with E-state index in [1.807, 2.05) is 0 Å². The summed E-state index contributed by atoms with van der Waals surface area (Å²) in [6, 6.07) is -1.49. The summed E-state index contributed by atoms with van der Waals surface area (Å²) in [5.74, 6) is -1.83. The third-order valence-corrected chi connectivity index (χ3v) is 9.30. The van der Waals surface area contributed by atoms with Gasteiger partial charge in [-0.25, -0.2) is 4.57 Å². The van der Waals surface area contributed by atoms with Crippen LogP contribution in [0.15, 0.2) is 97.2 Å². The van der Waals surface area contributed by atoms with Gasteiger partial charge in [-0.05, 0) is 89.9 Å². The molecule has 0 aliphatic heterocycles. The average molecular weight is 818 g/mol. The predicted molar refractivity (Wildman–Crippen MR) is 235 cm³/mol. The number of carbonyl (C=O) groups is 2. The number of nitrogens with two attached hydrogens (primary N) is 1. The van der Waals surface area contributed by atoms with E-state index in [0.717, 1.165) is 96.3 Å². The first-order valence-corrected chi connectivity index (χ1v) is 22.8. The number of phosphoric ester groups is 1. The number of phosphoric acid groups is 1. The lowest BCUT2D eigenvalue weighted by Crippen LogP contribution is -2.34. The van der Waals surface area contributed by atoms with Crippen molar-refractivity contribution in [3.8, 4) is 0 Å². The normalized spacial score (nSPS) is 14.9. The number of carboxylic acid groups (broad SMARTS) is 1. The molecular formula is C46H76NO9P. The van der Waals surface area contributed by atoms with Crippen molar-refractivity contribution in [3.63, 3.8) is 0 Å². The van der Waals surface area contributed by atoms with Gasteiger partial charge < -0.3 is 25.2 Å². The molecule has 0 saturated heterocycles. The van der Waals surface area contributed by atoms with Crippen LogP contribution in [0.3, 0.4) is 0 Å². The molecule has 0 aromatic heterocycles. The van der Waals surface area contributed by atoms with E-state index >= 15 is 0 Å². The molecule has 0 radical (unpaired) electrons. The molecular weight excluding hydrogens is 741 g/mol. The van der Waals surface area contributed by atoms with E-state index < -0.39 is 45.1 Å². The van der Waals surface area contributed by atoms with E-state index in [4.69, 9.17) is 29.4 Å².